The molecule has 5 rings (SSSR count). The number of nitrogens with zero attached hydrogens (tertiary/aromatic N) is 4. The Kier molecular flexibility index (Phi) is 2.91. The van der Waals surface area contributed by atoms with Crippen LogP contribution in [0.4, 0.5) is 0 Å². The second kappa shape index (κ2) is 5.01. The Balaban J connectivity index is 1.51. The molecule has 122 valence electrons. The summed E-state index contributed by atoms with van der Waals surface area (Å²) in [7, 11) is 1.99. The minimum atomic E-state index is 0.00243. The lowest BCUT2D eigenvalue weighted by atomic mass is 9.91. The Morgan fingerprint density at radius 3 is 3.00 bits per heavy atom. The molecule has 0 atom stereocenters. The number of benzene rings is 1. The van der Waals surface area contributed by atoms with Gasteiger partial charge in [0.25, 0.3) is 0 Å². The van der Waals surface area contributed by atoms with Crippen LogP contribution in [-0.2, 0) is 12.5 Å². The van der Waals surface area contributed by atoms with Gasteiger partial charge >= 0.3 is 0 Å². The van der Waals surface area contributed by atoms with E-state index in [9.17, 15) is 0 Å². The standard InChI is InChI=1S/C18H19N5O/c1-23-11-20-14-10-12(2-3-15(14)23)16-21-17(24-22-16)18(6-7-18)13-4-8-19-9-5-13/h2-4,10-11,19H,5-9H2,1H3. The summed E-state index contributed by atoms with van der Waals surface area (Å²) in [5.41, 5.74) is 4.45. The molecule has 6 heteroatoms. The van der Waals surface area contributed by atoms with Crippen LogP contribution in [0, 0.1) is 0 Å². The normalized spacial score (nSPS) is 19.5. The van der Waals surface area contributed by atoms with Crippen molar-refractivity contribution in [1.29, 1.82) is 0 Å². The van der Waals surface area contributed by atoms with Crippen LogP contribution in [0.2, 0.25) is 0 Å². The number of hydrogen-bond acceptors (Lipinski definition) is 5. The molecule has 3 aromatic rings. The number of aromatic nitrogens is 4. The van der Waals surface area contributed by atoms with Crippen LogP contribution >= 0.6 is 0 Å². The molecule has 0 bridgehead atoms. The van der Waals surface area contributed by atoms with Crippen molar-refractivity contribution in [3.63, 3.8) is 0 Å². The zero-order valence-corrected chi connectivity index (χ0v) is 13.6. The highest BCUT2D eigenvalue weighted by Crippen LogP contribution is 2.54. The van der Waals surface area contributed by atoms with E-state index in [1.807, 2.05) is 30.1 Å². The van der Waals surface area contributed by atoms with Crippen molar-refractivity contribution in [2.24, 2.45) is 7.05 Å². The lowest BCUT2D eigenvalue weighted by Crippen LogP contribution is -2.25. The van der Waals surface area contributed by atoms with Crippen LogP contribution < -0.4 is 5.32 Å². The van der Waals surface area contributed by atoms with Gasteiger partial charge in [0, 0.05) is 19.2 Å². The zero-order chi connectivity index (χ0) is 16.1. The number of imidazole rings is 1. The van der Waals surface area contributed by atoms with Gasteiger partial charge in [0.05, 0.1) is 22.8 Å². The average Bonchev–Trinajstić information content (AvgIpc) is 3.14. The van der Waals surface area contributed by atoms with Crippen molar-refractivity contribution in [1.82, 2.24) is 25.0 Å². The minimum Gasteiger partial charge on any atom is -0.338 e. The second-order valence-corrected chi connectivity index (χ2v) is 6.75. The maximum Gasteiger partial charge on any atom is 0.237 e. The minimum absolute atomic E-state index is 0.00243. The van der Waals surface area contributed by atoms with E-state index in [1.54, 1.807) is 0 Å². The van der Waals surface area contributed by atoms with Gasteiger partial charge in [-0.15, -0.1) is 0 Å². The quantitative estimate of drug-likeness (QED) is 0.751. The van der Waals surface area contributed by atoms with Gasteiger partial charge in [-0.2, -0.15) is 4.98 Å². The summed E-state index contributed by atoms with van der Waals surface area (Å²) in [5.74, 6) is 1.42. The Labute approximate surface area is 139 Å². The first-order chi connectivity index (χ1) is 11.8. The van der Waals surface area contributed by atoms with E-state index in [2.05, 4.69) is 27.6 Å². The van der Waals surface area contributed by atoms with Gasteiger partial charge in [0.1, 0.15) is 0 Å². The first kappa shape index (κ1) is 13.9. The van der Waals surface area contributed by atoms with Gasteiger partial charge in [-0.1, -0.05) is 16.8 Å². The molecule has 1 aliphatic carbocycles. The molecule has 1 fully saturated rings. The van der Waals surface area contributed by atoms with E-state index in [4.69, 9.17) is 9.51 Å². The number of nitrogens with one attached hydrogen (secondary N) is 1. The molecule has 3 heterocycles. The summed E-state index contributed by atoms with van der Waals surface area (Å²) < 4.78 is 7.67. The summed E-state index contributed by atoms with van der Waals surface area (Å²) in [4.78, 5) is 9.14. The van der Waals surface area contributed by atoms with Crippen molar-refractivity contribution in [2.45, 2.75) is 24.7 Å². The van der Waals surface area contributed by atoms with Gasteiger partial charge in [-0.3, -0.25) is 0 Å². The Morgan fingerprint density at radius 1 is 1.29 bits per heavy atom. The van der Waals surface area contributed by atoms with Gasteiger partial charge in [-0.25, -0.2) is 4.98 Å². The van der Waals surface area contributed by atoms with Crippen molar-refractivity contribution in [3.05, 3.63) is 42.1 Å². The molecular weight excluding hydrogens is 302 g/mol. The van der Waals surface area contributed by atoms with Crippen LogP contribution in [0.3, 0.4) is 0 Å². The largest absolute Gasteiger partial charge is 0.338 e. The molecule has 24 heavy (non-hydrogen) atoms. The summed E-state index contributed by atoms with van der Waals surface area (Å²) in [6.07, 6.45) is 7.40. The maximum absolute atomic E-state index is 5.67. The number of aryl methyl sites for hydroxylation is 1. The number of rotatable bonds is 3. The van der Waals surface area contributed by atoms with Crippen LogP contribution in [0.5, 0.6) is 0 Å². The average molecular weight is 321 g/mol. The first-order valence-electron chi connectivity index (χ1n) is 8.42. The Hall–Kier alpha value is -2.47. The van der Waals surface area contributed by atoms with Crippen LogP contribution in [0.25, 0.3) is 22.4 Å². The second-order valence-electron chi connectivity index (χ2n) is 6.75. The summed E-state index contributed by atoms with van der Waals surface area (Å²) in [6, 6.07) is 6.10. The lowest BCUT2D eigenvalue weighted by Gasteiger charge is -2.19. The van der Waals surface area contributed by atoms with Crippen molar-refractivity contribution >= 4 is 11.0 Å². The SMILES string of the molecule is Cn1cnc2cc(-c3noc(C4(C5=CCNCC5)CC4)n3)ccc21. The van der Waals surface area contributed by atoms with E-state index in [-0.39, 0.29) is 5.41 Å². The van der Waals surface area contributed by atoms with Gasteiger partial charge < -0.3 is 14.4 Å². The molecular formula is C18H19N5O. The molecule has 6 nitrogen and oxygen atoms in total. The van der Waals surface area contributed by atoms with E-state index in [0.29, 0.717) is 5.82 Å². The molecule has 0 amide bonds. The molecule has 2 aromatic heterocycles. The highest BCUT2D eigenvalue weighted by molar-refractivity contribution is 5.80. The highest BCUT2D eigenvalue weighted by atomic mass is 16.5. The van der Waals surface area contributed by atoms with Crippen molar-refractivity contribution < 1.29 is 4.52 Å². The topological polar surface area (TPSA) is 68.8 Å². The third-order valence-electron chi connectivity index (χ3n) is 5.25. The maximum atomic E-state index is 5.67. The molecule has 0 saturated heterocycles. The molecule has 1 aliphatic heterocycles. The molecule has 1 saturated carbocycles. The Morgan fingerprint density at radius 2 is 2.21 bits per heavy atom. The molecule has 1 N–H and O–H groups in total. The fourth-order valence-corrected chi connectivity index (χ4v) is 3.66. The smallest absolute Gasteiger partial charge is 0.237 e. The van der Waals surface area contributed by atoms with E-state index < -0.39 is 0 Å². The first-order valence-corrected chi connectivity index (χ1v) is 8.42. The molecule has 0 unspecified atom stereocenters. The molecule has 0 spiro atoms. The number of hydrogen-bond donors (Lipinski definition) is 1. The van der Waals surface area contributed by atoms with E-state index >= 15 is 0 Å². The van der Waals surface area contributed by atoms with Crippen molar-refractivity contribution in [3.8, 4) is 11.4 Å². The number of fused-ring (bicyclic) bond motifs is 1. The molecule has 2 aliphatic rings. The predicted octanol–water partition coefficient (Wildman–Crippen LogP) is 2.57. The van der Waals surface area contributed by atoms with E-state index in [0.717, 1.165) is 54.8 Å². The zero-order valence-electron chi connectivity index (χ0n) is 13.6. The van der Waals surface area contributed by atoms with Crippen LogP contribution in [0.1, 0.15) is 25.2 Å². The third kappa shape index (κ3) is 2.03. The van der Waals surface area contributed by atoms with Gasteiger partial charge in [0.2, 0.25) is 11.7 Å². The summed E-state index contributed by atoms with van der Waals surface area (Å²) in [5, 5.41) is 7.60. The highest BCUT2D eigenvalue weighted by Gasteiger charge is 2.52. The molecule has 0 radical (unpaired) electrons. The van der Waals surface area contributed by atoms with Crippen LogP contribution in [-0.4, -0.2) is 32.8 Å². The summed E-state index contributed by atoms with van der Waals surface area (Å²) in [6.45, 7) is 1.97. The monoisotopic (exact) mass is 321 g/mol. The fraction of sp³-hybridized carbons (Fsp3) is 0.389. The fourth-order valence-electron chi connectivity index (χ4n) is 3.66. The van der Waals surface area contributed by atoms with Gasteiger partial charge in [-0.05, 0) is 44.0 Å². The third-order valence-corrected chi connectivity index (χ3v) is 5.25. The Bertz CT molecular complexity index is 947. The lowest BCUT2D eigenvalue weighted by molar-refractivity contribution is 0.355. The van der Waals surface area contributed by atoms with E-state index in [1.165, 1.54) is 5.57 Å². The predicted molar refractivity (Wildman–Crippen MR) is 90.5 cm³/mol. The van der Waals surface area contributed by atoms with Crippen LogP contribution in [0.15, 0.2) is 40.7 Å². The van der Waals surface area contributed by atoms with Crippen molar-refractivity contribution in [2.75, 3.05) is 13.1 Å². The summed E-state index contributed by atoms with van der Waals surface area (Å²) >= 11 is 0. The van der Waals surface area contributed by atoms with Gasteiger partial charge in [0.15, 0.2) is 0 Å². The molecule has 1 aromatic carbocycles.